The fourth-order valence-electron chi connectivity index (χ4n) is 2.99. The Morgan fingerprint density at radius 2 is 2.05 bits per heavy atom. The van der Waals surface area contributed by atoms with E-state index in [1.54, 1.807) is 6.07 Å². The van der Waals surface area contributed by atoms with Crippen LogP contribution < -0.4 is 5.32 Å². The van der Waals surface area contributed by atoms with E-state index in [2.05, 4.69) is 5.32 Å². The Morgan fingerprint density at radius 3 is 2.80 bits per heavy atom. The van der Waals surface area contributed by atoms with Crippen molar-refractivity contribution in [3.63, 3.8) is 0 Å². The number of halogens is 2. The first-order valence-electron chi connectivity index (χ1n) is 6.58. The molecule has 5 heteroatoms. The van der Waals surface area contributed by atoms with E-state index in [-0.39, 0.29) is 28.7 Å². The predicted octanol–water partition coefficient (Wildman–Crippen LogP) is 3.09. The van der Waals surface area contributed by atoms with E-state index in [4.69, 9.17) is 11.6 Å². The number of nitrogens with one attached hydrogen (secondary N) is 1. The van der Waals surface area contributed by atoms with Crippen LogP contribution in [0.5, 0.6) is 0 Å². The minimum Gasteiger partial charge on any atom is -0.329 e. The lowest BCUT2D eigenvalue weighted by Crippen LogP contribution is -2.36. The molecular weight excluding hydrogens is 281 g/mol. The maximum absolute atomic E-state index is 14.1. The van der Waals surface area contributed by atoms with Crippen LogP contribution in [0.1, 0.15) is 37.2 Å². The molecule has 0 bridgehead atoms. The molecule has 20 heavy (non-hydrogen) atoms. The number of rotatable bonds is 1. The van der Waals surface area contributed by atoms with E-state index in [0.717, 1.165) is 6.42 Å². The van der Waals surface area contributed by atoms with Gasteiger partial charge in [-0.15, -0.1) is 0 Å². The number of hydrogen-bond donors (Lipinski definition) is 1. The molecule has 1 heterocycles. The van der Waals surface area contributed by atoms with Crippen LogP contribution in [0, 0.1) is 5.82 Å². The molecule has 1 aromatic rings. The highest BCUT2D eigenvalue weighted by Crippen LogP contribution is 2.41. The van der Waals surface area contributed by atoms with Crippen molar-refractivity contribution < 1.29 is 14.0 Å². The minimum absolute atomic E-state index is 0.0180. The van der Waals surface area contributed by atoms with E-state index in [1.807, 2.05) is 0 Å². The fourth-order valence-corrected chi connectivity index (χ4v) is 3.29. The van der Waals surface area contributed by atoms with Crippen LogP contribution in [0.25, 0.3) is 0 Å². The van der Waals surface area contributed by atoms with Crippen molar-refractivity contribution in [2.45, 2.75) is 31.6 Å². The Labute approximate surface area is 120 Å². The minimum atomic E-state index is -0.569. The maximum atomic E-state index is 14.1. The first-order chi connectivity index (χ1) is 9.58. The van der Waals surface area contributed by atoms with Crippen LogP contribution in [-0.4, -0.2) is 11.7 Å². The molecule has 1 aromatic carbocycles. The molecule has 0 aromatic heterocycles. The number of Topliss-reactive ketones (excluding diaryl/α,β-unsaturated/α-hetero) is 1. The van der Waals surface area contributed by atoms with Gasteiger partial charge in [0.15, 0.2) is 5.78 Å². The molecule has 104 valence electrons. The third-order valence-electron chi connectivity index (χ3n) is 3.83. The topological polar surface area (TPSA) is 46.2 Å². The Bertz CT molecular complexity index is 619. The molecule has 0 fully saturated rings. The summed E-state index contributed by atoms with van der Waals surface area (Å²) in [6, 6.07) is 4.41. The number of carbonyl (C=O) groups is 2. The molecule has 0 unspecified atom stereocenters. The van der Waals surface area contributed by atoms with Crippen LogP contribution in [0.4, 0.5) is 4.39 Å². The number of carbonyl (C=O) groups excluding carboxylic acids is 2. The average molecular weight is 294 g/mol. The summed E-state index contributed by atoms with van der Waals surface area (Å²) in [7, 11) is 0. The summed E-state index contributed by atoms with van der Waals surface area (Å²) in [5.41, 5.74) is 1.43. The number of amides is 1. The van der Waals surface area contributed by atoms with Gasteiger partial charge < -0.3 is 5.32 Å². The summed E-state index contributed by atoms with van der Waals surface area (Å²) in [6.07, 6.45) is 1.87. The summed E-state index contributed by atoms with van der Waals surface area (Å²) >= 11 is 6.08. The average Bonchev–Trinajstić information content (AvgIpc) is 2.38. The SMILES string of the molecule is O=C1C[C@H](c2c(F)cccc2Cl)C2=C(CCCC2=O)N1. The molecule has 1 aliphatic carbocycles. The molecule has 1 amide bonds. The molecular formula is C15H13ClFNO2. The zero-order valence-corrected chi connectivity index (χ0v) is 11.5. The van der Waals surface area contributed by atoms with E-state index < -0.39 is 11.7 Å². The quantitative estimate of drug-likeness (QED) is 0.865. The highest BCUT2D eigenvalue weighted by Gasteiger charge is 2.36. The summed E-state index contributed by atoms with van der Waals surface area (Å²) in [5.74, 6) is -1.25. The molecule has 1 atom stereocenters. The highest BCUT2D eigenvalue weighted by molar-refractivity contribution is 6.31. The largest absolute Gasteiger partial charge is 0.329 e. The van der Waals surface area contributed by atoms with Gasteiger partial charge in [0.1, 0.15) is 5.82 Å². The van der Waals surface area contributed by atoms with Crippen molar-refractivity contribution in [2.24, 2.45) is 0 Å². The molecule has 0 saturated carbocycles. The van der Waals surface area contributed by atoms with Crippen molar-refractivity contribution in [1.82, 2.24) is 5.32 Å². The summed E-state index contributed by atoms with van der Waals surface area (Å²) < 4.78 is 14.1. The lowest BCUT2D eigenvalue weighted by molar-refractivity contribution is -0.122. The Hall–Kier alpha value is -1.68. The highest BCUT2D eigenvalue weighted by atomic mass is 35.5. The van der Waals surface area contributed by atoms with Gasteiger partial charge in [-0.2, -0.15) is 0 Å². The zero-order valence-electron chi connectivity index (χ0n) is 10.7. The third kappa shape index (κ3) is 2.14. The lowest BCUT2D eigenvalue weighted by atomic mass is 9.78. The molecule has 3 nitrogen and oxygen atoms in total. The van der Waals surface area contributed by atoms with Crippen molar-refractivity contribution in [3.8, 4) is 0 Å². The summed E-state index contributed by atoms with van der Waals surface area (Å²) in [5, 5.41) is 3.00. The van der Waals surface area contributed by atoms with Crippen LogP contribution in [0.2, 0.25) is 5.02 Å². The van der Waals surface area contributed by atoms with Gasteiger partial charge in [-0.1, -0.05) is 17.7 Å². The molecule has 1 aliphatic heterocycles. The fraction of sp³-hybridized carbons (Fsp3) is 0.333. The van der Waals surface area contributed by atoms with Crippen molar-refractivity contribution >= 4 is 23.3 Å². The molecule has 0 radical (unpaired) electrons. The van der Waals surface area contributed by atoms with E-state index in [1.165, 1.54) is 12.1 Å². The van der Waals surface area contributed by atoms with Gasteiger partial charge in [0.05, 0.1) is 0 Å². The Kier molecular flexibility index (Phi) is 3.34. The van der Waals surface area contributed by atoms with Crippen LogP contribution in [-0.2, 0) is 9.59 Å². The van der Waals surface area contributed by atoms with Crippen LogP contribution >= 0.6 is 11.6 Å². The monoisotopic (exact) mass is 293 g/mol. The van der Waals surface area contributed by atoms with E-state index in [9.17, 15) is 14.0 Å². The molecule has 2 aliphatic rings. The Balaban J connectivity index is 2.16. The standard InChI is InChI=1S/C15H13ClFNO2/c16-9-3-1-4-10(17)14(9)8-7-13(20)18-11-5-2-6-12(19)15(8)11/h1,3-4,8H,2,5-7H2,(H,18,20)/t8-/m1/s1. The van der Waals surface area contributed by atoms with Crippen molar-refractivity contribution in [3.05, 3.63) is 45.9 Å². The predicted molar refractivity (Wildman–Crippen MR) is 72.8 cm³/mol. The van der Waals surface area contributed by atoms with Gasteiger partial charge in [-0.3, -0.25) is 9.59 Å². The van der Waals surface area contributed by atoms with Crippen LogP contribution in [0.15, 0.2) is 29.5 Å². The second kappa shape index (κ2) is 5.02. The van der Waals surface area contributed by atoms with Crippen LogP contribution in [0.3, 0.4) is 0 Å². The first kappa shape index (κ1) is 13.3. The van der Waals surface area contributed by atoms with Gasteiger partial charge in [-0.25, -0.2) is 4.39 Å². The van der Waals surface area contributed by atoms with Gasteiger partial charge in [0.2, 0.25) is 5.91 Å². The lowest BCUT2D eigenvalue weighted by Gasteiger charge is -2.31. The maximum Gasteiger partial charge on any atom is 0.225 e. The van der Waals surface area contributed by atoms with E-state index in [0.29, 0.717) is 24.1 Å². The Morgan fingerprint density at radius 1 is 1.25 bits per heavy atom. The van der Waals surface area contributed by atoms with Crippen molar-refractivity contribution in [2.75, 3.05) is 0 Å². The summed E-state index contributed by atoms with van der Waals surface area (Å²) in [4.78, 5) is 24.0. The van der Waals surface area contributed by atoms with Crippen molar-refractivity contribution in [1.29, 1.82) is 0 Å². The number of hydrogen-bond acceptors (Lipinski definition) is 2. The number of ketones is 1. The molecule has 3 rings (SSSR count). The van der Waals surface area contributed by atoms with Gasteiger partial charge in [0, 0.05) is 40.6 Å². The number of allylic oxidation sites excluding steroid dienone is 2. The third-order valence-corrected chi connectivity index (χ3v) is 4.16. The number of benzene rings is 1. The first-order valence-corrected chi connectivity index (χ1v) is 6.95. The van der Waals surface area contributed by atoms with Gasteiger partial charge in [0.25, 0.3) is 0 Å². The summed E-state index contributed by atoms with van der Waals surface area (Å²) in [6.45, 7) is 0. The molecule has 0 spiro atoms. The smallest absolute Gasteiger partial charge is 0.225 e. The second-order valence-corrected chi connectivity index (χ2v) is 5.52. The normalized spacial score (nSPS) is 22.6. The van der Waals surface area contributed by atoms with Gasteiger partial charge in [-0.05, 0) is 25.0 Å². The zero-order chi connectivity index (χ0) is 14.3. The second-order valence-electron chi connectivity index (χ2n) is 5.11. The molecule has 1 N–H and O–H groups in total. The van der Waals surface area contributed by atoms with Gasteiger partial charge >= 0.3 is 0 Å². The van der Waals surface area contributed by atoms with E-state index >= 15 is 0 Å². The molecule has 0 saturated heterocycles.